The van der Waals surface area contributed by atoms with Gasteiger partial charge in [0.25, 0.3) is 0 Å². The van der Waals surface area contributed by atoms with Crippen LogP contribution in [0.5, 0.6) is 11.5 Å². The van der Waals surface area contributed by atoms with Crippen molar-refractivity contribution < 1.29 is 14.3 Å². The van der Waals surface area contributed by atoms with E-state index in [4.69, 9.17) is 9.47 Å². The minimum Gasteiger partial charge on any atom is -0.490 e. The third kappa shape index (κ3) is 4.54. The predicted molar refractivity (Wildman–Crippen MR) is 104 cm³/mol. The van der Waals surface area contributed by atoms with Crippen molar-refractivity contribution in [2.75, 3.05) is 6.54 Å². The fourth-order valence-corrected chi connectivity index (χ4v) is 3.76. The Morgan fingerprint density at radius 2 is 1.81 bits per heavy atom. The van der Waals surface area contributed by atoms with Crippen molar-refractivity contribution >= 4 is 6.03 Å². The van der Waals surface area contributed by atoms with Gasteiger partial charge >= 0.3 is 6.03 Å². The molecule has 5 heteroatoms. The highest BCUT2D eigenvalue weighted by atomic mass is 16.5. The molecule has 1 fully saturated rings. The summed E-state index contributed by atoms with van der Waals surface area (Å²) in [5.74, 6) is 1.79. The minimum absolute atomic E-state index is 0.00821. The van der Waals surface area contributed by atoms with Crippen molar-refractivity contribution in [1.29, 1.82) is 0 Å². The Kier molecular flexibility index (Phi) is 5.47. The molecule has 1 aliphatic carbocycles. The zero-order valence-electron chi connectivity index (χ0n) is 15.4. The Labute approximate surface area is 160 Å². The van der Waals surface area contributed by atoms with Gasteiger partial charge in [-0.25, -0.2) is 4.79 Å². The van der Waals surface area contributed by atoms with Gasteiger partial charge in [0.2, 0.25) is 0 Å². The molecule has 1 saturated carbocycles. The van der Waals surface area contributed by atoms with Crippen LogP contribution in [0.4, 0.5) is 4.79 Å². The molecule has 2 aliphatic rings. The van der Waals surface area contributed by atoms with Gasteiger partial charge in [-0.1, -0.05) is 36.4 Å². The van der Waals surface area contributed by atoms with Crippen LogP contribution in [0.25, 0.3) is 0 Å². The first-order valence-electron chi connectivity index (χ1n) is 9.79. The van der Waals surface area contributed by atoms with Gasteiger partial charge in [-0.05, 0) is 43.4 Å². The number of amides is 2. The highest BCUT2D eigenvalue weighted by molar-refractivity contribution is 5.74. The van der Waals surface area contributed by atoms with Gasteiger partial charge in [0.05, 0.1) is 12.6 Å². The summed E-state index contributed by atoms with van der Waals surface area (Å²) in [5.41, 5.74) is 2.20. The predicted octanol–water partition coefficient (Wildman–Crippen LogP) is 3.81. The van der Waals surface area contributed by atoms with Crippen LogP contribution >= 0.6 is 0 Å². The molecule has 0 bridgehead atoms. The summed E-state index contributed by atoms with van der Waals surface area (Å²) in [6.07, 6.45) is 5.83. The maximum Gasteiger partial charge on any atom is 0.315 e. The molecule has 4 rings (SSSR count). The topological polar surface area (TPSA) is 59.6 Å². The quantitative estimate of drug-likeness (QED) is 0.817. The summed E-state index contributed by atoms with van der Waals surface area (Å²) >= 11 is 0. The molecule has 0 saturated heterocycles. The average molecular weight is 366 g/mol. The first kappa shape index (κ1) is 17.7. The van der Waals surface area contributed by atoms with Crippen molar-refractivity contribution in [3.63, 3.8) is 0 Å². The Morgan fingerprint density at radius 3 is 2.67 bits per heavy atom. The molecule has 142 valence electrons. The number of carbonyl (C=O) groups is 1. The van der Waals surface area contributed by atoms with E-state index in [1.807, 2.05) is 42.5 Å². The third-order valence-corrected chi connectivity index (χ3v) is 5.21. The lowest BCUT2D eigenvalue weighted by Crippen LogP contribution is -2.40. The number of para-hydroxylation sites is 2. The van der Waals surface area contributed by atoms with Gasteiger partial charge in [0.15, 0.2) is 0 Å². The minimum atomic E-state index is -0.190. The van der Waals surface area contributed by atoms with Crippen LogP contribution in [-0.2, 0) is 13.0 Å². The number of ether oxygens (including phenoxy) is 2. The molecule has 1 atom stereocenters. The summed E-state index contributed by atoms with van der Waals surface area (Å²) in [5, 5.41) is 5.83. The van der Waals surface area contributed by atoms with Crippen molar-refractivity contribution in [2.24, 2.45) is 0 Å². The van der Waals surface area contributed by atoms with E-state index in [1.54, 1.807) is 0 Å². The molecule has 2 aromatic rings. The van der Waals surface area contributed by atoms with Crippen molar-refractivity contribution in [1.82, 2.24) is 10.6 Å². The van der Waals surface area contributed by atoms with Crippen molar-refractivity contribution in [3.8, 4) is 11.5 Å². The molecule has 0 spiro atoms. The second-order valence-corrected chi connectivity index (χ2v) is 7.25. The van der Waals surface area contributed by atoms with Crippen LogP contribution in [-0.4, -0.2) is 24.8 Å². The molecule has 2 N–H and O–H groups in total. The van der Waals surface area contributed by atoms with Crippen LogP contribution in [0.3, 0.4) is 0 Å². The molecule has 0 radical (unpaired) electrons. The molecule has 1 heterocycles. The maximum atomic E-state index is 12.2. The molecule has 2 aromatic carbocycles. The Morgan fingerprint density at radius 1 is 1.04 bits per heavy atom. The number of rotatable bonds is 6. The van der Waals surface area contributed by atoms with Crippen LogP contribution in [0.1, 0.15) is 36.8 Å². The number of nitrogens with one attached hydrogen (secondary N) is 2. The fraction of sp³-hybridized carbons (Fsp3) is 0.409. The summed E-state index contributed by atoms with van der Waals surface area (Å²) in [7, 11) is 0. The van der Waals surface area contributed by atoms with Gasteiger partial charge in [0, 0.05) is 18.5 Å². The van der Waals surface area contributed by atoms with E-state index in [9.17, 15) is 4.79 Å². The van der Waals surface area contributed by atoms with E-state index in [0.717, 1.165) is 36.3 Å². The molecule has 1 unspecified atom stereocenters. The van der Waals surface area contributed by atoms with E-state index in [-0.39, 0.29) is 12.1 Å². The molecule has 0 aromatic heterocycles. The molecule has 2 amide bonds. The summed E-state index contributed by atoms with van der Waals surface area (Å²) in [6.45, 7) is 0.932. The van der Waals surface area contributed by atoms with Gasteiger partial charge in [-0.2, -0.15) is 0 Å². The first-order valence-corrected chi connectivity index (χ1v) is 9.79. The monoisotopic (exact) mass is 366 g/mol. The molecule has 27 heavy (non-hydrogen) atoms. The summed E-state index contributed by atoms with van der Waals surface area (Å²) in [4.78, 5) is 12.2. The lowest BCUT2D eigenvalue weighted by atomic mass is 10.1. The van der Waals surface area contributed by atoms with E-state index in [1.165, 1.54) is 18.4 Å². The molecular weight excluding hydrogens is 340 g/mol. The van der Waals surface area contributed by atoms with Crippen molar-refractivity contribution in [2.45, 2.75) is 50.9 Å². The van der Waals surface area contributed by atoms with Crippen LogP contribution < -0.4 is 20.1 Å². The van der Waals surface area contributed by atoms with Crippen LogP contribution in [0.15, 0.2) is 48.5 Å². The van der Waals surface area contributed by atoms with Crippen molar-refractivity contribution in [3.05, 3.63) is 59.7 Å². The largest absolute Gasteiger partial charge is 0.490 e. The summed E-state index contributed by atoms with van der Waals surface area (Å²) in [6, 6.07) is 15.8. The number of hydrogen-bond donors (Lipinski definition) is 2. The smallest absolute Gasteiger partial charge is 0.315 e. The van der Waals surface area contributed by atoms with E-state index >= 15 is 0 Å². The molecule has 1 aliphatic heterocycles. The Hall–Kier alpha value is -2.69. The third-order valence-electron chi connectivity index (χ3n) is 5.21. The Bertz CT molecular complexity index is 762. The fourth-order valence-electron chi connectivity index (χ4n) is 3.76. The highest BCUT2D eigenvalue weighted by Gasteiger charge is 2.22. The van der Waals surface area contributed by atoms with E-state index in [0.29, 0.717) is 19.2 Å². The SMILES string of the molecule is O=C(NCc1ccccc1OC1CCCC1)NCC1Cc2ccccc2O1. The first-order chi connectivity index (χ1) is 13.3. The number of benzene rings is 2. The normalized spacial score (nSPS) is 18.6. The van der Waals surface area contributed by atoms with Gasteiger partial charge in [0.1, 0.15) is 17.6 Å². The van der Waals surface area contributed by atoms with E-state index in [2.05, 4.69) is 16.7 Å². The summed E-state index contributed by atoms with van der Waals surface area (Å²) < 4.78 is 12.0. The van der Waals surface area contributed by atoms with Gasteiger partial charge < -0.3 is 20.1 Å². The van der Waals surface area contributed by atoms with Gasteiger partial charge in [-0.15, -0.1) is 0 Å². The molecular formula is C22H26N2O3. The average Bonchev–Trinajstić information content (AvgIpc) is 3.34. The standard InChI is InChI=1S/C22H26N2O3/c25-22(24-15-19-13-16-7-1-5-11-20(16)27-19)23-14-17-8-2-6-12-21(17)26-18-9-3-4-10-18/h1-2,5-8,11-12,18-19H,3-4,9-10,13-15H2,(H2,23,24,25). The number of fused-ring (bicyclic) bond motifs is 1. The number of urea groups is 1. The molecule has 5 nitrogen and oxygen atoms in total. The second kappa shape index (κ2) is 8.33. The number of carbonyl (C=O) groups excluding carboxylic acids is 1. The zero-order valence-corrected chi connectivity index (χ0v) is 15.4. The van der Waals surface area contributed by atoms with Gasteiger partial charge in [-0.3, -0.25) is 0 Å². The van der Waals surface area contributed by atoms with E-state index < -0.39 is 0 Å². The zero-order chi connectivity index (χ0) is 18.5. The lowest BCUT2D eigenvalue weighted by molar-refractivity contribution is 0.206. The lowest BCUT2D eigenvalue weighted by Gasteiger charge is -2.17. The second-order valence-electron chi connectivity index (χ2n) is 7.25. The highest BCUT2D eigenvalue weighted by Crippen LogP contribution is 2.28. The van der Waals surface area contributed by atoms with Crippen LogP contribution in [0, 0.1) is 0 Å². The maximum absolute atomic E-state index is 12.2. The Balaban J connectivity index is 1.24. The number of hydrogen-bond acceptors (Lipinski definition) is 3. The van der Waals surface area contributed by atoms with Crippen LogP contribution in [0.2, 0.25) is 0 Å².